The van der Waals surface area contributed by atoms with Gasteiger partial charge in [-0.2, -0.15) is 4.57 Å². The molecule has 0 aliphatic carbocycles. The smallest absolute Gasteiger partial charge is 0.352 e. The maximum Gasteiger partial charge on any atom is 0.352 e. The van der Waals surface area contributed by atoms with E-state index in [0.717, 1.165) is 26.7 Å². The molecule has 16 heteroatoms. The summed E-state index contributed by atoms with van der Waals surface area (Å²) >= 11 is 4.08. The molecule has 1 unspecified atom stereocenters. The Morgan fingerprint density at radius 2 is 2.18 bits per heavy atom. The van der Waals surface area contributed by atoms with Crippen LogP contribution in [0.4, 0.5) is 10.3 Å². The second-order valence-electron chi connectivity index (χ2n) is 8.57. The lowest BCUT2D eigenvalue weighted by Gasteiger charge is -2.49. The molecule has 0 aromatic carbocycles. The fraction of sp³-hybridized carbons (Fsp3) is 0.318. The fourth-order valence-corrected chi connectivity index (χ4v) is 6.86. The Morgan fingerprint density at radius 1 is 1.39 bits per heavy atom. The third kappa shape index (κ3) is 4.65. The van der Waals surface area contributed by atoms with Gasteiger partial charge in [-0.05, 0) is 0 Å². The van der Waals surface area contributed by atoms with Gasteiger partial charge in [0.25, 0.3) is 11.8 Å². The number of nitrogen functional groups attached to an aromatic ring is 1. The number of carboxylic acids is 1. The van der Waals surface area contributed by atoms with Gasteiger partial charge in [0, 0.05) is 36.9 Å². The largest absolute Gasteiger partial charge is 0.477 e. The summed E-state index contributed by atoms with van der Waals surface area (Å²) in [5, 5.41) is 18.5. The molecule has 0 spiro atoms. The zero-order chi connectivity index (χ0) is 27.1. The summed E-state index contributed by atoms with van der Waals surface area (Å²) in [6, 6.07) is 1.01. The third-order valence-corrected chi connectivity index (χ3v) is 9.05. The van der Waals surface area contributed by atoms with Gasteiger partial charge in [0.1, 0.15) is 35.4 Å². The van der Waals surface area contributed by atoms with Crippen LogP contribution in [0.1, 0.15) is 5.69 Å². The Hall–Kier alpha value is -3.76. The fourth-order valence-electron chi connectivity index (χ4n) is 4.12. The Kier molecular flexibility index (Phi) is 6.93. The summed E-state index contributed by atoms with van der Waals surface area (Å²) in [5.41, 5.74) is 7.07. The number of carbonyl (C=O) groups excluding carboxylic acids is 2. The molecule has 1 saturated heterocycles. The highest BCUT2D eigenvalue weighted by Gasteiger charge is 2.54. The number of amides is 2. The van der Waals surface area contributed by atoms with Gasteiger partial charge in [0.05, 0.1) is 4.70 Å². The molecule has 198 valence electrons. The van der Waals surface area contributed by atoms with Gasteiger partial charge in [-0.25, -0.2) is 14.8 Å². The van der Waals surface area contributed by atoms with Crippen LogP contribution in [-0.2, 0) is 25.8 Å². The van der Waals surface area contributed by atoms with E-state index in [0.29, 0.717) is 11.3 Å². The van der Waals surface area contributed by atoms with Crippen LogP contribution in [0.15, 0.2) is 40.3 Å². The first kappa shape index (κ1) is 25.9. The molecular weight excluding hydrogens is 552 g/mol. The van der Waals surface area contributed by atoms with Crippen LogP contribution in [0.5, 0.6) is 0 Å². The van der Waals surface area contributed by atoms with E-state index in [9.17, 15) is 19.5 Å². The first-order valence-corrected chi connectivity index (χ1v) is 13.9. The van der Waals surface area contributed by atoms with E-state index in [-0.39, 0.29) is 28.8 Å². The molecule has 5 rings (SSSR count). The molecule has 4 N–H and O–H groups in total. The molecule has 0 radical (unpaired) electrons. The van der Waals surface area contributed by atoms with Gasteiger partial charge in [-0.1, -0.05) is 16.5 Å². The Balaban J connectivity index is 1.35. The van der Waals surface area contributed by atoms with E-state index in [1.807, 2.05) is 42.0 Å². The highest BCUT2D eigenvalue weighted by atomic mass is 32.2. The number of hydrogen-bond acceptors (Lipinski definition) is 12. The Labute approximate surface area is 228 Å². The highest BCUT2D eigenvalue weighted by Crippen LogP contribution is 2.40. The van der Waals surface area contributed by atoms with Crippen LogP contribution in [0, 0.1) is 0 Å². The van der Waals surface area contributed by atoms with Crippen molar-refractivity contribution in [3.63, 3.8) is 0 Å². The number of thiazole rings is 2. The molecule has 0 saturated carbocycles. The van der Waals surface area contributed by atoms with E-state index in [1.165, 1.54) is 23.8 Å². The maximum atomic E-state index is 13.1. The Bertz CT molecular complexity index is 1510. The lowest BCUT2D eigenvalue weighted by atomic mass is 10.0. The second-order valence-corrected chi connectivity index (χ2v) is 11.6. The van der Waals surface area contributed by atoms with Crippen molar-refractivity contribution in [3.8, 4) is 0 Å². The van der Waals surface area contributed by atoms with E-state index in [1.54, 1.807) is 16.7 Å². The topological polar surface area (TPSA) is 167 Å². The number of fused-ring (bicyclic) bond motifs is 2. The minimum atomic E-state index is -1.20. The number of pyridine rings is 1. The number of rotatable bonds is 8. The number of nitrogens with one attached hydrogen (secondary N) is 1. The summed E-state index contributed by atoms with van der Waals surface area (Å²) in [6.45, 7) is 0.281. The standard InChI is InChI=1S/C22H22N8O5S3/c1-28(2)22-25-11-7-29(5-4-13(11)38-22)6-10-8-36-19-15(18(32)30(19)16(10)20(33)34)26-17(31)14(27-35-3)12-9-37-21(23)24-12/h4-5,7,9,15,19H,6,8H2,1-3H3,(H3-,23,24,26,31,33,34)/p+1/b27-14-/t15?,19-/m1/s1. The average Bonchev–Trinajstić information content (AvgIpc) is 3.51. The van der Waals surface area contributed by atoms with Crippen LogP contribution in [0.2, 0.25) is 0 Å². The summed E-state index contributed by atoms with van der Waals surface area (Å²) in [6.07, 6.45) is 3.73. The van der Waals surface area contributed by atoms with Crippen LogP contribution in [0.25, 0.3) is 10.2 Å². The van der Waals surface area contributed by atoms with Crippen molar-refractivity contribution >= 4 is 78.4 Å². The molecular formula is C22H23N8O5S3+. The molecule has 2 amide bonds. The molecule has 2 atom stereocenters. The van der Waals surface area contributed by atoms with Gasteiger partial charge in [0.15, 0.2) is 34.9 Å². The summed E-state index contributed by atoms with van der Waals surface area (Å²) in [5.74, 6) is -2.02. The quantitative estimate of drug-likeness (QED) is 0.149. The van der Waals surface area contributed by atoms with Gasteiger partial charge in [0.2, 0.25) is 0 Å². The van der Waals surface area contributed by atoms with Crippen molar-refractivity contribution in [3.05, 3.63) is 40.8 Å². The number of aromatic nitrogens is 3. The number of nitrogens with zero attached hydrogens (tertiary/aromatic N) is 6. The van der Waals surface area contributed by atoms with E-state index >= 15 is 0 Å². The van der Waals surface area contributed by atoms with Gasteiger partial charge < -0.3 is 25.9 Å². The van der Waals surface area contributed by atoms with Gasteiger partial charge in [-0.3, -0.25) is 14.5 Å². The van der Waals surface area contributed by atoms with Crippen molar-refractivity contribution in [1.29, 1.82) is 0 Å². The summed E-state index contributed by atoms with van der Waals surface area (Å²) in [7, 11) is 5.13. The molecule has 1 fully saturated rings. The molecule has 38 heavy (non-hydrogen) atoms. The molecule has 2 aliphatic rings. The number of carboxylic acid groups (broad SMARTS) is 1. The highest BCUT2D eigenvalue weighted by molar-refractivity contribution is 8.00. The lowest BCUT2D eigenvalue weighted by molar-refractivity contribution is -0.687. The number of aliphatic carboxylic acids is 1. The summed E-state index contributed by atoms with van der Waals surface area (Å²) < 4.78 is 2.88. The number of thioether (sulfide) groups is 1. The minimum absolute atomic E-state index is 0.0674. The van der Waals surface area contributed by atoms with Crippen molar-refractivity contribution in [1.82, 2.24) is 20.2 Å². The minimum Gasteiger partial charge on any atom is -0.477 e. The predicted octanol–water partition coefficient (Wildman–Crippen LogP) is 0.478. The molecule has 5 heterocycles. The van der Waals surface area contributed by atoms with Crippen LogP contribution < -0.4 is 20.5 Å². The number of nitrogens with two attached hydrogens (primary N) is 1. The molecule has 13 nitrogen and oxygen atoms in total. The van der Waals surface area contributed by atoms with E-state index in [4.69, 9.17) is 10.6 Å². The van der Waals surface area contributed by atoms with Crippen molar-refractivity contribution < 1.29 is 28.9 Å². The van der Waals surface area contributed by atoms with E-state index in [2.05, 4.69) is 20.4 Å². The zero-order valence-electron chi connectivity index (χ0n) is 20.4. The Morgan fingerprint density at radius 3 is 2.84 bits per heavy atom. The van der Waals surface area contributed by atoms with Crippen LogP contribution in [-0.4, -0.2) is 81.8 Å². The first-order chi connectivity index (χ1) is 18.2. The zero-order valence-corrected chi connectivity index (χ0v) is 22.9. The number of β-lactam (4-membered cyclic amide) rings is 1. The van der Waals surface area contributed by atoms with Crippen molar-refractivity contribution in [2.75, 3.05) is 37.6 Å². The molecule has 2 aliphatic heterocycles. The second kappa shape index (κ2) is 10.2. The first-order valence-electron chi connectivity index (χ1n) is 11.2. The van der Waals surface area contributed by atoms with Crippen LogP contribution in [0.3, 0.4) is 0 Å². The third-order valence-electron chi connectivity index (χ3n) is 5.83. The molecule has 0 bridgehead atoms. The maximum absolute atomic E-state index is 13.1. The molecule has 3 aromatic rings. The molecule has 3 aromatic heterocycles. The average molecular weight is 576 g/mol. The number of carbonyl (C=O) groups is 3. The monoisotopic (exact) mass is 575 g/mol. The summed E-state index contributed by atoms with van der Waals surface area (Å²) in [4.78, 5) is 54.9. The number of hydrogen-bond donors (Lipinski definition) is 3. The lowest BCUT2D eigenvalue weighted by Crippen LogP contribution is -2.71. The number of oxime groups is 1. The number of anilines is 2. The van der Waals surface area contributed by atoms with Gasteiger partial charge in [-0.15, -0.1) is 23.1 Å². The van der Waals surface area contributed by atoms with E-state index < -0.39 is 29.2 Å². The van der Waals surface area contributed by atoms with Crippen LogP contribution >= 0.6 is 34.4 Å². The normalized spacial score (nSPS) is 19.3. The SMILES string of the molecule is CO/N=C(\C(=O)NC1C(=O)N2C(C(=O)O)=C(C[n+]3ccc4sc(N(C)C)nc4c3)CS[C@H]12)c1csc(N)n1. The van der Waals surface area contributed by atoms with Gasteiger partial charge >= 0.3 is 5.97 Å². The van der Waals surface area contributed by atoms with Crippen molar-refractivity contribution in [2.45, 2.75) is 18.0 Å². The van der Waals surface area contributed by atoms with Crippen molar-refractivity contribution in [2.24, 2.45) is 5.16 Å². The predicted molar refractivity (Wildman–Crippen MR) is 144 cm³/mol.